The molecule has 0 saturated carbocycles. The van der Waals surface area contributed by atoms with Crippen LogP contribution in [-0.2, 0) is 6.61 Å². The summed E-state index contributed by atoms with van der Waals surface area (Å²) in [5.74, 6) is 1.74. The summed E-state index contributed by atoms with van der Waals surface area (Å²) in [4.78, 5) is 15.9. The van der Waals surface area contributed by atoms with Crippen LogP contribution in [0.15, 0.2) is 28.9 Å². The van der Waals surface area contributed by atoms with Gasteiger partial charge in [0.15, 0.2) is 23.8 Å². The fourth-order valence-corrected chi connectivity index (χ4v) is 2.04. The van der Waals surface area contributed by atoms with Gasteiger partial charge in [-0.15, -0.1) is 0 Å². The van der Waals surface area contributed by atoms with Gasteiger partial charge in [-0.25, -0.2) is 4.98 Å². The van der Waals surface area contributed by atoms with Crippen LogP contribution < -0.4 is 19.5 Å². The van der Waals surface area contributed by atoms with Crippen LogP contribution in [0.5, 0.6) is 17.2 Å². The maximum atomic E-state index is 11.9. The second-order valence-electron chi connectivity index (χ2n) is 5.20. The van der Waals surface area contributed by atoms with E-state index in [4.69, 9.17) is 18.6 Å². The van der Waals surface area contributed by atoms with E-state index in [-0.39, 0.29) is 31.5 Å². The molecule has 0 bridgehead atoms. The van der Waals surface area contributed by atoms with Crippen molar-refractivity contribution >= 4 is 5.91 Å². The number of rotatable bonds is 7. The van der Waals surface area contributed by atoms with Crippen LogP contribution in [-0.4, -0.2) is 35.4 Å². The van der Waals surface area contributed by atoms with Gasteiger partial charge in [0.25, 0.3) is 5.91 Å². The molecule has 0 fully saturated rings. The van der Waals surface area contributed by atoms with E-state index >= 15 is 0 Å². The van der Waals surface area contributed by atoms with Gasteiger partial charge in [0.2, 0.25) is 12.7 Å². The monoisotopic (exact) mass is 334 g/mol. The third-order valence-corrected chi connectivity index (χ3v) is 3.46. The van der Waals surface area contributed by atoms with E-state index in [1.54, 1.807) is 18.2 Å². The van der Waals surface area contributed by atoms with Gasteiger partial charge in [-0.2, -0.15) is 0 Å². The zero-order valence-corrected chi connectivity index (χ0v) is 13.2. The fourth-order valence-electron chi connectivity index (χ4n) is 2.04. The fraction of sp³-hybridized carbons (Fsp3) is 0.375. The summed E-state index contributed by atoms with van der Waals surface area (Å²) in [5.41, 5.74) is 0.141. The highest BCUT2D eigenvalue weighted by atomic mass is 16.7. The standard InChI is InChI=1S/C16H18N2O6/c1-2-10(19)6-17-16(20)12-7-22-15(18-12)8-21-11-3-4-13-14(5-11)24-9-23-13/h3-5,7,10,19H,2,6,8-9H2,1H3,(H,17,20)/t10-/m1/s1. The van der Waals surface area contributed by atoms with Crippen LogP contribution >= 0.6 is 0 Å². The number of aliphatic hydroxyl groups excluding tert-OH is 1. The number of oxazole rings is 1. The van der Waals surface area contributed by atoms with Crippen LogP contribution in [0.1, 0.15) is 29.7 Å². The average Bonchev–Trinajstić information content (AvgIpc) is 3.25. The number of hydrogen-bond donors (Lipinski definition) is 2. The molecule has 1 aromatic carbocycles. The summed E-state index contributed by atoms with van der Waals surface area (Å²) in [5, 5.41) is 12.0. The Morgan fingerprint density at radius 3 is 3.08 bits per heavy atom. The Morgan fingerprint density at radius 2 is 2.25 bits per heavy atom. The first-order chi connectivity index (χ1) is 11.7. The number of ether oxygens (including phenoxy) is 3. The molecule has 8 nitrogen and oxygen atoms in total. The SMILES string of the molecule is CC[C@@H](O)CNC(=O)c1coc(COc2ccc3c(c2)OCO3)n1. The van der Waals surface area contributed by atoms with E-state index in [9.17, 15) is 9.90 Å². The van der Waals surface area contributed by atoms with E-state index in [0.717, 1.165) is 0 Å². The number of carbonyl (C=O) groups excluding carboxylic acids is 1. The van der Waals surface area contributed by atoms with Gasteiger partial charge in [-0.1, -0.05) is 6.92 Å². The minimum Gasteiger partial charge on any atom is -0.484 e. The lowest BCUT2D eigenvalue weighted by Crippen LogP contribution is -2.31. The third kappa shape index (κ3) is 3.77. The number of hydrogen-bond acceptors (Lipinski definition) is 7. The van der Waals surface area contributed by atoms with Crippen molar-refractivity contribution in [1.82, 2.24) is 10.3 Å². The van der Waals surface area contributed by atoms with Crippen molar-refractivity contribution in [2.24, 2.45) is 0 Å². The summed E-state index contributed by atoms with van der Waals surface area (Å²) in [6.07, 6.45) is 1.24. The van der Waals surface area contributed by atoms with Crippen molar-refractivity contribution in [3.05, 3.63) is 36.0 Å². The van der Waals surface area contributed by atoms with Crippen LogP contribution in [0.3, 0.4) is 0 Å². The van der Waals surface area contributed by atoms with E-state index in [1.807, 2.05) is 6.92 Å². The van der Waals surface area contributed by atoms with Crippen LogP contribution in [0.25, 0.3) is 0 Å². The van der Waals surface area contributed by atoms with Crippen molar-refractivity contribution in [1.29, 1.82) is 0 Å². The maximum absolute atomic E-state index is 11.9. The highest BCUT2D eigenvalue weighted by Crippen LogP contribution is 2.35. The van der Waals surface area contributed by atoms with Gasteiger partial charge >= 0.3 is 0 Å². The second-order valence-corrected chi connectivity index (χ2v) is 5.20. The number of nitrogens with zero attached hydrogens (tertiary/aromatic N) is 1. The Labute approximate surface area is 138 Å². The molecule has 1 amide bonds. The Kier molecular flexibility index (Phi) is 4.85. The lowest BCUT2D eigenvalue weighted by Gasteiger charge is -2.07. The molecule has 8 heteroatoms. The molecule has 24 heavy (non-hydrogen) atoms. The third-order valence-electron chi connectivity index (χ3n) is 3.46. The molecule has 1 aliphatic rings. The van der Waals surface area contributed by atoms with Gasteiger partial charge < -0.3 is 29.1 Å². The molecule has 0 spiro atoms. The van der Waals surface area contributed by atoms with Crippen molar-refractivity contribution in [2.75, 3.05) is 13.3 Å². The summed E-state index contributed by atoms with van der Waals surface area (Å²) >= 11 is 0. The van der Waals surface area contributed by atoms with Gasteiger partial charge in [-0.05, 0) is 18.6 Å². The Bertz CT molecular complexity index is 714. The Balaban J connectivity index is 1.53. The number of aliphatic hydroxyl groups is 1. The Morgan fingerprint density at radius 1 is 1.42 bits per heavy atom. The number of amides is 1. The van der Waals surface area contributed by atoms with Crippen molar-refractivity contribution in [3.8, 4) is 17.2 Å². The van der Waals surface area contributed by atoms with E-state index in [0.29, 0.717) is 23.7 Å². The molecule has 0 aliphatic carbocycles. The molecule has 0 saturated heterocycles. The lowest BCUT2D eigenvalue weighted by atomic mass is 10.3. The average molecular weight is 334 g/mol. The normalized spacial score (nSPS) is 13.6. The van der Waals surface area contributed by atoms with E-state index in [2.05, 4.69) is 10.3 Å². The molecule has 128 valence electrons. The molecule has 3 rings (SSSR count). The van der Waals surface area contributed by atoms with Gasteiger partial charge in [0.1, 0.15) is 12.0 Å². The smallest absolute Gasteiger partial charge is 0.273 e. The maximum Gasteiger partial charge on any atom is 0.273 e. The zero-order valence-electron chi connectivity index (χ0n) is 13.2. The predicted molar refractivity (Wildman–Crippen MR) is 82.0 cm³/mol. The molecule has 0 radical (unpaired) electrons. The summed E-state index contributed by atoms with van der Waals surface area (Å²) < 4.78 is 21.3. The Hall–Kier alpha value is -2.74. The molecule has 2 N–H and O–H groups in total. The first-order valence-electron chi connectivity index (χ1n) is 7.59. The number of nitrogens with one attached hydrogen (secondary N) is 1. The molecule has 1 aromatic heterocycles. The number of fused-ring (bicyclic) bond motifs is 1. The molecular formula is C16H18N2O6. The predicted octanol–water partition coefficient (Wildman–Crippen LogP) is 1.48. The van der Waals surface area contributed by atoms with Gasteiger partial charge in [0.05, 0.1) is 6.10 Å². The highest BCUT2D eigenvalue weighted by Gasteiger charge is 2.16. The molecule has 1 atom stereocenters. The second kappa shape index (κ2) is 7.22. The largest absolute Gasteiger partial charge is 0.484 e. The minimum atomic E-state index is -0.574. The van der Waals surface area contributed by atoms with Gasteiger partial charge in [0, 0.05) is 12.6 Å². The summed E-state index contributed by atoms with van der Waals surface area (Å²) in [6, 6.07) is 5.21. The molecule has 2 aromatic rings. The highest BCUT2D eigenvalue weighted by molar-refractivity contribution is 5.91. The van der Waals surface area contributed by atoms with E-state index < -0.39 is 12.0 Å². The quantitative estimate of drug-likeness (QED) is 0.790. The molecule has 1 aliphatic heterocycles. The number of aromatic nitrogens is 1. The molecule has 2 heterocycles. The van der Waals surface area contributed by atoms with Crippen molar-refractivity contribution in [3.63, 3.8) is 0 Å². The summed E-state index contributed by atoms with van der Waals surface area (Å²) in [7, 11) is 0. The first-order valence-corrected chi connectivity index (χ1v) is 7.59. The van der Waals surface area contributed by atoms with Crippen molar-refractivity contribution < 1.29 is 28.5 Å². The zero-order chi connectivity index (χ0) is 16.9. The van der Waals surface area contributed by atoms with E-state index in [1.165, 1.54) is 6.26 Å². The lowest BCUT2D eigenvalue weighted by molar-refractivity contribution is 0.0909. The van der Waals surface area contributed by atoms with Crippen LogP contribution in [0.4, 0.5) is 0 Å². The van der Waals surface area contributed by atoms with Gasteiger partial charge in [-0.3, -0.25) is 4.79 Å². The molecular weight excluding hydrogens is 316 g/mol. The first kappa shape index (κ1) is 16.1. The minimum absolute atomic E-state index is 0.0739. The molecule has 0 unspecified atom stereocenters. The number of carbonyl (C=O) groups is 1. The van der Waals surface area contributed by atoms with Crippen LogP contribution in [0, 0.1) is 0 Å². The topological polar surface area (TPSA) is 103 Å². The van der Waals surface area contributed by atoms with Crippen molar-refractivity contribution in [2.45, 2.75) is 26.1 Å². The van der Waals surface area contributed by atoms with Crippen LogP contribution in [0.2, 0.25) is 0 Å². The summed E-state index contributed by atoms with van der Waals surface area (Å²) in [6.45, 7) is 2.28. The number of benzene rings is 1.